The van der Waals surface area contributed by atoms with Crippen LogP contribution in [0, 0.1) is 0 Å². The highest BCUT2D eigenvalue weighted by Crippen LogP contribution is 2.35. The van der Waals surface area contributed by atoms with Crippen LogP contribution in [0.4, 0.5) is 23.8 Å². The zero-order valence-corrected chi connectivity index (χ0v) is 17.9. The first-order valence-corrected chi connectivity index (χ1v) is 10.4. The van der Waals surface area contributed by atoms with Crippen LogP contribution in [0.3, 0.4) is 0 Å². The number of amides is 2. The number of halogens is 4. The second-order valence-electron chi connectivity index (χ2n) is 7.77. The smallest absolute Gasteiger partial charge is 0.417 e. The quantitative estimate of drug-likeness (QED) is 0.736. The van der Waals surface area contributed by atoms with Gasteiger partial charge in [0.1, 0.15) is 6.04 Å². The van der Waals surface area contributed by atoms with Crippen molar-refractivity contribution in [3.63, 3.8) is 0 Å². The topological polar surface area (TPSA) is 74.8 Å². The first kappa shape index (κ1) is 23.2. The van der Waals surface area contributed by atoms with E-state index >= 15 is 0 Å². The van der Waals surface area contributed by atoms with Gasteiger partial charge in [-0.15, -0.1) is 0 Å². The first-order chi connectivity index (χ1) is 14.6. The number of rotatable bonds is 4. The van der Waals surface area contributed by atoms with Crippen molar-refractivity contribution in [1.82, 2.24) is 15.2 Å². The normalized spacial score (nSPS) is 19.8. The number of hydrogen-bond acceptors (Lipinski definition) is 5. The standard InChI is InChI=1S/C20H24ClF3N4O3/c1-12(2)31-19(30)27-8-5-14(6-9-27)26-18(29)16-4-3-7-28(16)17-15(21)10-13(11-25-17)20(22,23)24/h3,7,10-12,14,16H,4-6,8-9H2,1-2H3,(H,26,29). The molecule has 0 aromatic carbocycles. The first-order valence-electron chi connectivity index (χ1n) is 10.00. The Morgan fingerprint density at radius 3 is 2.55 bits per heavy atom. The van der Waals surface area contributed by atoms with Gasteiger partial charge in [-0.1, -0.05) is 17.7 Å². The van der Waals surface area contributed by atoms with Gasteiger partial charge in [0.05, 0.1) is 16.7 Å². The zero-order valence-electron chi connectivity index (χ0n) is 17.2. The third-order valence-corrected chi connectivity index (χ3v) is 5.37. The molecular weight excluding hydrogens is 437 g/mol. The highest BCUT2D eigenvalue weighted by atomic mass is 35.5. The largest absolute Gasteiger partial charge is 0.447 e. The average molecular weight is 461 g/mol. The van der Waals surface area contributed by atoms with Crippen molar-refractivity contribution >= 4 is 29.4 Å². The van der Waals surface area contributed by atoms with Crippen molar-refractivity contribution in [2.45, 2.75) is 57.5 Å². The number of piperidine rings is 1. The number of ether oxygens (including phenoxy) is 1. The summed E-state index contributed by atoms with van der Waals surface area (Å²) in [7, 11) is 0. The monoisotopic (exact) mass is 460 g/mol. The van der Waals surface area contributed by atoms with Gasteiger partial charge < -0.3 is 19.9 Å². The molecule has 170 valence electrons. The summed E-state index contributed by atoms with van der Waals surface area (Å²) in [6, 6.07) is 0.0246. The van der Waals surface area contributed by atoms with E-state index < -0.39 is 17.8 Å². The Hall–Kier alpha value is -2.49. The summed E-state index contributed by atoms with van der Waals surface area (Å²) in [6.45, 7) is 4.50. The Morgan fingerprint density at radius 1 is 1.29 bits per heavy atom. The third-order valence-electron chi connectivity index (χ3n) is 5.09. The van der Waals surface area contributed by atoms with Gasteiger partial charge in [-0.2, -0.15) is 13.2 Å². The van der Waals surface area contributed by atoms with Gasteiger partial charge in [0.2, 0.25) is 5.91 Å². The van der Waals surface area contributed by atoms with Crippen LogP contribution in [0.5, 0.6) is 0 Å². The van der Waals surface area contributed by atoms with Gasteiger partial charge in [0.15, 0.2) is 5.82 Å². The Balaban J connectivity index is 1.60. The number of anilines is 1. The Labute approximate surface area is 183 Å². The molecule has 11 heteroatoms. The summed E-state index contributed by atoms with van der Waals surface area (Å²) in [4.78, 5) is 31.8. The van der Waals surface area contributed by atoms with Gasteiger partial charge >= 0.3 is 12.3 Å². The fourth-order valence-electron chi connectivity index (χ4n) is 3.53. The van der Waals surface area contributed by atoms with Crippen molar-refractivity contribution < 1.29 is 27.5 Å². The molecule has 31 heavy (non-hydrogen) atoms. The summed E-state index contributed by atoms with van der Waals surface area (Å²) in [6.07, 6.45) is 0.463. The van der Waals surface area contributed by atoms with Gasteiger partial charge in [-0.05, 0) is 39.2 Å². The number of aromatic nitrogens is 1. The molecule has 1 saturated heterocycles. The van der Waals surface area contributed by atoms with E-state index in [-0.39, 0.29) is 35.0 Å². The van der Waals surface area contributed by atoms with Crippen molar-refractivity contribution in [2.24, 2.45) is 0 Å². The molecule has 1 unspecified atom stereocenters. The molecule has 0 spiro atoms. The fraction of sp³-hybridized carbons (Fsp3) is 0.550. The minimum absolute atomic E-state index is 0.0924. The van der Waals surface area contributed by atoms with E-state index in [9.17, 15) is 22.8 Å². The average Bonchev–Trinajstić information content (AvgIpc) is 3.17. The van der Waals surface area contributed by atoms with Gasteiger partial charge in [0.25, 0.3) is 0 Å². The lowest BCUT2D eigenvalue weighted by atomic mass is 10.0. The van der Waals surface area contributed by atoms with Gasteiger partial charge in [-0.25, -0.2) is 9.78 Å². The van der Waals surface area contributed by atoms with E-state index in [1.54, 1.807) is 31.0 Å². The zero-order chi connectivity index (χ0) is 22.8. The summed E-state index contributed by atoms with van der Waals surface area (Å²) in [5.41, 5.74) is -0.951. The lowest BCUT2D eigenvalue weighted by molar-refractivity contribution is -0.137. The van der Waals surface area contributed by atoms with E-state index in [0.717, 1.165) is 6.07 Å². The predicted octanol–water partition coefficient (Wildman–Crippen LogP) is 3.97. The lowest BCUT2D eigenvalue weighted by Crippen LogP contribution is -2.51. The highest BCUT2D eigenvalue weighted by Gasteiger charge is 2.35. The van der Waals surface area contributed by atoms with Crippen molar-refractivity contribution in [2.75, 3.05) is 18.0 Å². The molecular formula is C20H24ClF3N4O3. The molecule has 0 bridgehead atoms. The highest BCUT2D eigenvalue weighted by molar-refractivity contribution is 6.33. The van der Waals surface area contributed by atoms with E-state index in [1.807, 2.05) is 0 Å². The minimum Gasteiger partial charge on any atom is -0.447 e. The molecule has 2 aliphatic rings. The van der Waals surface area contributed by atoms with Crippen LogP contribution >= 0.6 is 11.6 Å². The molecule has 1 aromatic heterocycles. The second-order valence-corrected chi connectivity index (χ2v) is 8.18. The Bertz CT molecular complexity index is 855. The van der Waals surface area contributed by atoms with Gasteiger partial charge in [-0.3, -0.25) is 4.79 Å². The SMILES string of the molecule is CC(C)OC(=O)N1CCC(NC(=O)C2CC=CN2c2ncc(C(F)(F)F)cc2Cl)CC1. The molecule has 2 amide bonds. The number of hydrogen-bond donors (Lipinski definition) is 1. The molecule has 1 atom stereocenters. The van der Waals surface area contributed by atoms with Crippen molar-refractivity contribution in [1.29, 1.82) is 0 Å². The van der Waals surface area contributed by atoms with Crippen LogP contribution in [0.15, 0.2) is 24.5 Å². The number of nitrogens with zero attached hydrogens (tertiary/aromatic N) is 3. The molecule has 7 nitrogen and oxygen atoms in total. The summed E-state index contributed by atoms with van der Waals surface area (Å²) in [5.74, 6) is -0.180. The molecule has 2 aliphatic heterocycles. The summed E-state index contributed by atoms with van der Waals surface area (Å²) >= 11 is 6.04. The van der Waals surface area contributed by atoms with E-state index in [4.69, 9.17) is 16.3 Å². The molecule has 0 aliphatic carbocycles. The lowest BCUT2D eigenvalue weighted by Gasteiger charge is -2.33. The van der Waals surface area contributed by atoms with Crippen LogP contribution in [0.25, 0.3) is 0 Å². The molecule has 1 N–H and O–H groups in total. The number of alkyl halides is 3. The molecule has 3 heterocycles. The maximum atomic E-state index is 12.9. The summed E-state index contributed by atoms with van der Waals surface area (Å²) < 4.78 is 43.8. The number of carbonyl (C=O) groups excluding carboxylic acids is 2. The molecule has 3 rings (SSSR count). The molecule has 0 radical (unpaired) electrons. The van der Waals surface area contributed by atoms with E-state index in [2.05, 4.69) is 10.3 Å². The Kier molecular flexibility index (Phi) is 6.98. The van der Waals surface area contributed by atoms with Crippen molar-refractivity contribution in [3.05, 3.63) is 35.1 Å². The molecule has 1 fully saturated rings. The number of carbonyl (C=O) groups is 2. The van der Waals surface area contributed by atoms with Crippen LogP contribution in [0.1, 0.15) is 38.7 Å². The second kappa shape index (κ2) is 9.33. The summed E-state index contributed by atoms with van der Waals surface area (Å²) in [5, 5.41) is 2.78. The predicted molar refractivity (Wildman–Crippen MR) is 109 cm³/mol. The van der Waals surface area contributed by atoms with Crippen LogP contribution in [-0.2, 0) is 15.7 Å². The van der Waals surface area contributed by atoms with Crippen LogP contribution in [0.2, 0.25) is 5.02 Å². The molecule has 1 aromatic rings. The number of pyridine rings is 1. The van der Waals surface area contributed by atoms with E-state index in [1.165, 1.54) is 4.90 Å². The Morgan fingerprint density at radius 2 is 1.97 bits per heavy atom. The van der Waals surface area contributed by atoms with Crippen molar-refractivity contribution in [3.8, 4) is 0 Å². The van der Waals surface area contributed by atoms with E-state index in [0.29, 0.717) is 38.5 Å². The molecule has 0 saturated carbocycles. The fourth-order valence-corrected chi connectivity index (χ4v) is 3.79. The maximum Gasteiger partial charge on any atom is 0.417 e. The number of likely N-dealkylation sites (tertiary alicyclic amines) is 1. The van der Waals surface area contributed by atoms with Crippen LogP contribution in [-0.4, -0.2) is 53.2 Å². The number of nitrogens with one attached hydrogen (secondary N) is 1. The third kappa shape index (κ3) is 5.61. The van der Waals surface area contributed by atoms with Crippen LogP contribution < -0.4 is 10.2 Å². The maximum absolute atomic E-state index is 12.9. The minimum atomic E-state index is -4.55. The van der Waals surface area contributed by atoms with Gasteiger partial charge in [0, 0.05) is 31.5 Å².